The molecule has 0 bridgehead atoms. The van der Waals surface area contributed by atoms with Crippen LogP contribution in [0.1, 0.15) is 23.7 Å². The Morgan fingerprint density at radius 1 is 1.33 bits per heavy atom. The summed E-state index contributed by atoms with van der Waals surface area (Å²) >= 11 is 0. The van der Waals surface area contributed by atoms with Gasteiger partial charge in [-0.3, -0.25) is 4.79 Å². The molecular formula is C16H22N2O5S. The van der Waals surface area contributed by atoms with Crippen LogP contribution < -0.4 is 5.32 Å². The lowest BCUT2D eigenvalue weighted by molar-refractivity contribution is -0.136. The summed E-state index contributed by atoms with van der Waals surface area (Å²) in [6.45, 7) is 1.76. The summed E-state index contributed by atoms with van der Waals surface area (Å²) in [7, 11) is -1.39. The van der Waals surface area contributed by atoms with Gasteiger partial charge >= 0.3 is 5.97 Å². The topological polar surface area (TPSA) is 92.8 Å². The fraction of sp³-hybridized carbons (Fsp3) is 0.500. The number of anilines is 1. The Morgan fingerprint density at radius 3 is 2.62 bits per heavy atom. The highest BCUT2D eigenvalue weighted by atomic mass is 32.2. The highest BCUT2D eigenvalue weighted by molar-refractivity contribution is 7.91. The third kappa shape index (κ3) is 4.25. The SMILES string of the molecule is CCN(C(=O)COC(=O)c1ccccc1NC)C1CCS(=O)(=O)C1. The van der Waals surface area contributed by atoms with Crippen LogP contribution in [-0.4, -0.2) is 62.9 Å². The maximum atomic E-state index is 12.3. The van der Waals surface area contributed by atoms with Crippen molar-refractivity contribution in [2.45, 2.75) is 19.4 Å². The van der Waals surface area contributed by atoms with E-state index in [0.29, 0.717) is 24.2 Å². The van der Waals surface area contributed by atoms with E-state index in [-0.39, 0.29) is 23.5 Å². The van der Waals surface area contributed by atoms with E-state index in [1.54, 1.807) is 38.2 Å². The Labute approximate surface area is 141 Å². The third-order valence-corrected chi connectivity index (χ3v) is 5.80. The number of ether oxygens (including phenoxy) is 1. The van der Waals surface area contributed by atoms with Crippen LogP contribution in [0, 0.1) is 0 Å². The summed E-state index contributed by atoms with van der Waals surface area (Å²) in [6.07, 6.45) is 0.429. The molecule has 7 nitrogen and oxygen atoms in total. The highest BCUT2D eigenvalue weighted by Crippen LogP contribution is 2.19. The normalized spacial score (nSPS) is 18.8. The number of para-hydroxylation sites is 1. The molecule has 1 heterocycles. The number of likely N-dealkylation sites (N-methyl/N-ethyl adjacent to an activating group) is 1. The first kappa shape index (κ1) is 18.3. The van der Waals surface area contributed by atoms with E-state index < -0.39 is 22.4 Å². The van der Waals surface area contributed by atoms with Gasteiger partial charge in [0.1, 0.15) is 0 Å². The molecule has 1 saturated heterocycles. The molecule has 1 aliphatic heterocycles. The van der Waals surface area contributed by atoms with Crippen LogP contribution >= 0.6 is 0 Å². The van der Waals surface area contributed by atoms with Gasteiger partial charge < -0.3 is 15.0 Å². The number of nitrogens with zero attached hydrogens (tertiary/aromatic N) is 1. The van der Waals surface area contributed by atoms with E-state index >= 15 is 0 Å². The molecule has 1 aromatic rings. The van der Waals surface area contributed by atoms with Gasteiger partial charge in [-0.15, -0.1) is 0 Å². The fourth-order valence-electron chi connectivity index (χ4n) is 2.83. The standard InChI is InChI=1S/C16H22N2O5S/c1-3-18(12-8-9-24(21,22)11-12)15(19)10-23-16(20)13-6-4-5-7-14(13)17-2/h4-7,12,17H,3,8-11H2,1-2H3. The average Bonchev–Trinajstić information content (AvgIpc) is 2.92. The molecule has 1 amide bonds. The van der Waals surface area contributed by atoms with Gasteiger partial charge in [0.25, 0.3) is 5.91 Å². The Hall–Kier alpha value is -2.09. The largest absolute Gasteiger partial charge is 0.452 e. The van der Waals surface area contributed by atoms with Crippen molar-refractivity contribution < 1.29 is 22.7 Å². The number of benzene rings is 1. The molecule has 1 unspecified atom stereocenters. The molecule has 0 aromatic heterocycles. The minimum absolute atomic E-state index is 0.0247. The first-order valence-electron chi connectivity index (χ1n) is 7.81. The van der Waals surface area contributed by atoms with Crippen LogP contribution in [0.2, 0.25) is 0 Å². The smallest absolute Gasteiger partial charge is 0.340 e. The fourth-order valence-corrected chi connectivity index (χ4v) is 4.56. The van der Waals surface area contributed by atoms with Crippen molar-refractivity contribution in [2.75, 3.05) is 37.0 Å². The van der Waals surface area contributed by atoms with Gasteiger partial charge in [0.15, 0.2) is 16.4 Å². The number of carbonyl (C=O) groups excluding carboxylic acids is 2. The van der Waals surface area contributed by atoms with Gasteiger partial charge in [-0.2, -0.15) is 0 Å². The third-order valence-electron chi connectivity index (χ3n) is 4.05. The monoisotopic (exact) mass is 354 g/mol. The number of hydrogen-bond donors (Lipinski definition) is 1. The number of carbonyl (C=O) groups is 2. The molecule has 8 heteroatoms. The van der Waals surface area contributed by atoms with Gasteiger partial charge in [0, 0.05) is 25.3 Å². The summed E-state index contributed by atoms with van der Waals surface area (Å²) in [5.74, 6) is -0.904. The Kier molecular flexibility index (Phi) is 5.82. The molecule has 0 saturated carbocycles. The Morgan fingerprint density at radius 2 is 2.04 bits per heavy atom. The zero-order chi connectivity index (χ0) is 17.7. The Balaban J connectivity index is 1.97. The summed E-state index contributed by atoms with van der Waals surface area (Å²) in [4.78, 5) is 25.9. The van der Waals surface area contributed by atoms with Crippen LogP contribution in [-0.2, 0) is 19.4 Å². The van der Waals surface area contributed by atoms with Gasteiger partial charge in [0.05, 0.1) is 17.1 Å². The van der Waals surface area contributed by atoms with Crippen LogP contribution in [0.15, 0.2) is 24.3 Å². The predicted molar refractivity (Wildman–Crippen MR) is 90.7 cm³/mol. The minimum Gasteiger partial charge on any atom is -0.452 e. The summed E-state index contributed by atoms with van der Waals surface area (Å²) in [5.41, 5.74) is 0.962. The maximum absolute atomic E-state index is 12.3. The van der Waals surface area contributed by atoms with Crippen LogP contribution in [0.3, 0.4) is 0 Å². The molecule has 1 aromatic carbocycles. The quantitative estimate of drug-likeness (QED) is 0.764. The first-order chi connectivity index (χ1) is 11.4. The van der Waals surface area contributed by atoms with Crippen LogP contribution in [0.5, 0.6) is 0 Å². The lowest BCUT2D eigenvalue weighted by Gasteiger charge is -2.26. The molecule has 1 atom stereocenters. The van der Waals surface area contributed by atoms with Crippen LogP contribution in [0.25, 0.3) is 0 Å². The first-order valence-corrected chi connectivity index (χ1v) is 9.64. The summed E-state index contributed by atoms with van der Waals surface area (Å²) in [5, 5.41) is 2.89. The van der Waals surface area contributed by atoms with E-state index in [2.05, 4.69) is 5.32 Å². The molecule has 1 aliphatic rings. The van der Waals surface area contributed by atoms with E-state index in [4.69, 9.17) is 4.74 Å². The highest BCUT2D eigenvalue weighted by Gasteiger charge is 2.34. The second kappa shape index (κ2) is 7.65. The van der Waals surface area contributed by atoms with Gasteiger partial charge in [0.2, 0.25) is 0 Å². The van der Waals surface area contributed by atoms with E-state index in [1.807, 2.05) is 0 Å². The van der Waals surface area contributed by atoms with Crippen molar-refractivity contribution in [3.8, 4) is 0 Å². The molecule has 2 rings (SSSR count). The number of amides is 1. The van der Waals surface area contributed by atoms with Crippen molar-refractivity contribution in [1.82, 2.24) is 4.90 Å². The molecule has 1 N–H and O–H groups in total. The molecule has 0 spiro atoms. The van der Waals surface area contributed by atoms with Gasteiger partial charge in [-0.05, 0) is 25.5 Å². The number of rotatable bonds is 6. The van der Waals surface area contributed by atoms with Crippen molar-refractivity contribution in [3.05, 3.63) is 29.8 Å². The van der Waals surface area contributed by atoms with Crippen LogP contribution in [0.4, 0.5) is 5.69 Å². The predicted octanol–water partition coefficient (Wildman–Crippen LogP) is 0.921. The Bertz CT molecular complexity index is 717. The lowest BCUT2D eigenvalue weighted by Crippen LogP contribution is -2.43. The maximum Gasteiger partial charge on any atom is 0.340 e. The average molecular weight is 354 g/mol. The molecule has 1 fully saturated rings. The van der Waals surface area contributed by atoms with Crippen molar-refractivity contribution in [2.24, 2.45) is 0 Å². The molecule has 0 radical (unpaired) electrons. The van der Waals surface area contributed by atoms with Gasteiger partial charge in [-0.25, -0.2) is 13.2 Å². The van der Waals surface area contributed by atoms with E-state index in [9.17, 15) is 18.0 Å². The second-order valence-corrected chi connectivity index (χ2v) is 7.84. The number of nitrogens with one attached hydrogen (secondary N) is 1. The van der Waals surface area contributed by atoms with E-state index in [1.165, 1.54) is 4.90 Å². The molecular weight excluding hydrogens is 332 g/mol. The zero-order valence-corrected chi connectivity index (χ0v) is 14.6. The van der Waals surface area contributed by atoms with E-state index in [0.717, 1.165) is 0 Å². The van der Waals surface area contributed by atoms with Gasteiger partial charge in [-0.1, -0.05) is 12.1 Å². The molecule has 0 aliphatic carbocycles. The zero-order valence-electron chi connectivity index (χ0n) is 13.8. The summed E-state index contributed by atoms with van der Waals surface area (Å²) in [6, 6.07) is 6.50. The summed E-state index contributed by atoms with van der Waals surface area (Å²) < 4.78 is 28.3. The second-order valence-electron chi connectivity index (χ2n) is 5.61. The number of esters is 1. The molecule has 24 heavy (non-hydrogen) atoms. The minimum atomic E-state index is -3.08. The van der Waals surface area contributed by atoms with Crippen molar-refractivity contribution in [1.29, 1.82) is 0 Å². The molecule has 132 valence electrons. The van der Waals surface area contributed by atoms with Crippen molar-refractivity contribution in [3.63, 3.8) is 0 Å². The number of sulfone groups is 1. The number of hydrogen-bond acceptors (Lipinski definition) is 6. The lowest BCUT2D eigenvalue weighted by atomic mass is 10.2. The van der Waals surface area contributed by atoms with Crippen molar-refractivity contribution >= 4 is 27.4 Å².